The maximum atomic E-state index is 8.92. The zero-order valence-corrected chi connectivity index (χ0v) is 15.1. The van der Waals surface area contributed by atoms with Crippen molar-refractivity contribution >= 4 is 0 Å². The molecule has 2 aliphatic carbocycles. The fraction of sp³-hybridized carbons (Fsp3) is 0.571. The highest BCUT2D eigenvalue weighted by atomic mass is 15.2. The minimum atomic E-state index is 0.517. The summed E-state index contributed by atoms with van der Waals surface area (Å²) in [5.41, 5.74) is 2.05. The molecule has 2 saturated carbocycles. The summed E-state index contributed by atoms with van der Waals surface area (Å²) >= 11 is 0. The fourth-order valence-electron chi connectivity index (χ4n) is 4.40. The third-order valence-corrected chi connectivity index (χ3v) is 6.28. The first-order valence-electron chi connectivity index (χ1n) is 9.94. The number of aromatic nitrogens is 3. The van der Waals surface area contributed by atoms with Gasteiger partial charge in [0.2, 0.25) is 0 Å². The second-order valence-corrected chi connectivity index (χ2v) is 8.28. The lowest BCUT2D eigenvalue weighted by Crippen LogP contribution is -2.24. The number of hydrogen-bond acceptors (Lipinski definition) is 4. The molecule has 1 aliphatic heterocycles. The molecular formula is C21H25N5. The van der Waals surface area contributed by atoms with Gasteiger partial charge in [-0.15, -0.1) is 0 Å². The maximum Gasteiger partial charge on any atom is 0.153 e. The lowest BCUT2D eigenvalue weighted by Gasteiger charge is -2.15. The van der Waals surface area contributed by atoms with Crippen LogP contribution in [0.2, 0.25) is 0 Å². The topological polar surface area (TPSA) is 68.6 Å². The van der Waals surface area contributed by atoms with Gasteiger partial charge in [-0.05, 0) is 61.6 Å². The smallest absolute Gasteiger partial charge is 0.153 e. The van der Waals surface area contributed by atoms with Crippen LogP contribution in [0.5, 0.6) is 0 Å². The largest absolute Gasteiger partial charge is 0.302 e. The molecule has 3 fully saturated rings. The van der Waals surface area contributed by atoms with Crippen LogP contribution in [0, 0.1) is 23.2 Å². The summed E-state index contributed by atoms with van der Waals surface area (Å²) in [4.78, 5) is 7.46. The minimum absolute atomic E-state index is 0.517. The Balaban J connectivity index is 1.24. The van der Waals surface area contributed by atoms with Crippen molar-refractivity contribution in [1.29, 1.82) is 5.26 Å². The average molecular weight is 347 g/mol. The van der Waals surface area contributed by atoms with E-state index in [0.29, 0.717) is 11.8 Å². The molecule has 1 aromatic heterocycles. The molecule has 0 spiro atoms. The van der Waals surface area contributed by atoms with Gasteiger partial charge in [-0.3, -0.25) is 5.10 Å². The van der Waals surface area contributed by atoms with Gasteiger partial charge in [0, 0.05) is 31.5 Å². The highest BCUT2D eigenvalue weighted by Crippen LogP contribution is 2.47. The van der Waals surface area contributed by atoms with E-state index in [-0.39, 0.29) is 0 Å². The summed E-state index contributed by atoms with van der Waals surface area (Å²) in [6, 6.07) is 10.2. The van der Waals surface area contributed by atoms with Crippen LogP contribution in [-0.2, 0) is 6.42 Å². The summed E-state index contributed by atoms with van der Waals surface area (Å²) in [6.45, 7) is 3.36. The molecule has 5 rings (SSSR count). The van der Waals surface area contributed by atoms with Crippen molar-refractivity contribution in [1.82, 2.24) is 20.1 Å². The Morgan fingerprint density at radius 1 is 1.12 bits per heavy atom. The molecule has 2 aromatic rings. The maximum absolute atomic E-state index is 8.92. The van der Waals surface area contributed by atoms with E-state index in [1.807, 2.05) is 12.1 Å². The SMILES string of the molecule is N#Cc1ccc(CCN2C[C@H](c3nc(C4CC4)n[nH]3)[C@@H](C3CC3)C2)cc1. The molecule has 2 atom stereocenters. The van der Waals surface area contributed by atoms with E-state index in [9.17, 15) is 0 Å². The van der Waals surface area contributed by atoms with Crippen LogP contribution < -0.4 is 0 Å². The van der Waals surface area contributed by atoms with Gasteiger partial charge < -0.3 is 4.90 Å². The number of H-pyrrole nitrogens is 1. The van der Waals surface area contributed by atoms with Crippen LogP contribution in [-0.4, -0.2) is 39.7 Å². The van der Waals surface area contributed by atoms with Crippen molar-refractivity contribution in [3.63, 3.8) is 0 Å². The van der Waals surface area contributed by atoms with E-state index in [1.54, 1.807) is 0 Å². The summed E-state index contributed by atoms with van der Waals surface area (Å²) in [5.74, 6) is 4.93. The summed E-state index contributed by atoms with van der Waals surface area (Å²) < 4.78 is 0. The molecule has 1 saturated heterocycles. The van der Waals surface area contributed by atoms with Crippen LogP contribution in [0.1, 0.15) is 60.3 Å². The van der Waals surface area contributed by atoms with Crippen molar-refractivity contribution in [3.8, 4) is 6.07 Å². The Kier molecular flexibility index (Phi) is 4.01. The van der Waals surface area contributed by atoms with Crippen molar-refractivity contribution in [2.75, 3.05) is 19.6 Å². The number of nitriles is 1. The first kappa shape index (κ1) is 16.0. The van der Waals surface area contributed by atoms with Gasteiger partial charge >= 0.3 is 0 Å². The second kappa shape index (κ2) is 6.51. The van der Waals surface area contributed by atoms with Crippen LogP contribution in [0.15, 0.2) is 24.3 Å². The molecule has 2 heterocycles. The molecule has 3 aliphatic rings. The predicted molar refractivity (Wildman–Crippen MR) is 98.6 cm³/mol. The lowest BCUT2D eigenvalue weighted by molar-refractivity contribution is 0.321. The first-order valence-corrected chi connectivity index (χ1v) is 9.94. The van der Waals surface area contributed by atoms with E-state index in [2.05, 4.69) is 33.3 Å². The van der Waals surface area contributed by atoms with Gasteiger partial charge in [0.1, 0.15) is 5.82 Å². The molecular weight excluding hydrogens is 322 g/mol. The van der Waals surface area contributed by atoms with Crippen molar-refractivity contribution in [2.24, 2.45) is 11.8 Å². The molecule has 1 N–H and O–H groups in total. The van der Waals surface area contributed by atoms with E-state index in [4.69, 9.17) is 10.2 Å². The van der Waals surface area contributed by atoms with Gasteiger partial charge in [0.05, 0.1) is 11.6 Å². The normalized spacial score (nSPS) is 26.1. The molecule has 5 nitrogen and oxygen atoms in total. The molecule has 1 aromatic carbocycles. The number of nitrogens with one attached hydrogen (secondary N) is 1. The average Bonchev–Trinajstić information content (AvgIpc) is 3.61. The zero-order chi connectivity index (χ0) is 17.5. The standard InChI is InChI=1S/C21H25N5/c22-11-15-3-1-14(2-4-15)9-10-26-12-18(16-5-6-16)19(13-26)21-23-20(24-25-21)17-7-8-17/h1-4,16-19H,5-10,12-13H2,(H,23,24,25)/t18-,19+/m1/s1. The fourth-order valence-corrected chi connectivity index (χ4v) is 4.40. The van der Waals surface area contributed by atoms with Crippen molar-refractivity contribution in [2.45, 2.75) is 43.9 Å². The van der Waals surface area contributed by atoms with Crippen molar-refractivity contribution in [3.05, 3.63) is 47.0 Å². The number of benzene rings is 1. The summed E-state index contributed by atoms with van der Waals surface area (Å²) in [5, 5.41) is 16.7. The van der Waals surface area contributed by atoms with Gasteiger partial charge in [-0.2, -0.15) is 10.4 Å². The summed E-state index contributed by atoms with van der Waals surface area (Å²) in [7, 11) is 0. The Bertz CT molecular complexity index is 810. The monoisotopic (exact) mass is 347 g/mol. The zero-order valence-electron chi connectivity index (χ0n) is 15.1. The first-order chi connectivity index (χ1) is 12.8. The molecule has 0 unspecified atom stereocenters. The van der Waals surface area contributed by atoms with Crippen LogP contribution in [0.3, 0.4) is 0 Å². The Hall–Kier alpha value is -2.19. The molecule has 134 valence electrons. The van der Waals surface area contributed by atoms with Crippen molar-refractivity contribution < 1.29 is 0 Å². The number of rotatable bonds is 6. The number of nitrogens with zero attached hydrogens (tertiary/aromatic N) is 4. The second-order valence-electron chi connectivity index (χ2n) is 8.28. The summed E-state index contributed by atoms with van der Waals surface area (Å²) in [6.07, 6.45) is 6.32. The van der Waals surface area contributed by atoms with Gasteiger partial charge in [0.25, 0.3) is 0 Å². The highest BCUT2D eigenvalue weighted by molar-refractivity contribution is 5.31. The lowest BCUT2D eigenvalue weighted by atomic mass is 9.91. The van der Waals surface area contributed by atoms with Crippen LogP contribution in [0.25, 0.3) is 0 Å². The predicted octanol–water partition coefficient (Wildman–Crippen LogP) is 3.22. The molecule has 5 heteroatoms. The van der Waals surface area contributed by atoms with Crippen LogP contribution in [0.4, 0.5) is 0 Å². The minimum Gasteiger partial charge on any atom is -0.302 e. The Morgan fingerprint density at radius 2 is 1.92 bits per heavy atom. The van der Waals surface area contributed by atoms with Gasteiger partial charge in [-0.25, -0.2) is 4.98 Å². The molecule has 0 radical (unpaired) electrons. The molecule has 26 heavy (non-hydrogen) atoms. The van der Waals surface area contributed by atoms with Gasteiger partial charge in [-0.1, -0.05) is 12.1 Å². The number of hydrogen-bond donors (Lipinski definition) is 1. The highest BCUT2D eigenvalue weighted by Gasteiger charge is 2.44. The van der Waals surface area contributed by atoms with Crippen LogP contribution >= 0.6 is 0 Å². The Labute approximate surface area is 154 Å². The van der Waals surface area contributed by atoms with E-state index < -0.39 is 0 Å². The van der Waals surface area contributed by atoms with E-state index in [0.717, 1.165) is 48.6 Å². The molecule has 0 amide bonds. The van der Waals surface area contributed by atoms with E-state index >= 15 is 0 Å². The van der Waals surface area contributed by atoms with E-state index in [1.165, 1.54) is 37.8 Å². The number of aromatic amines is 1. The van der Waals surface area contributed by atoms with Gasteiger partial charge in [0.15, 0.2) is 5.82 Å². The Morgan fingerprint density at radius 3 is 2.62 bits per heavy atom. The third-order valence-electron chi connectivity index (χ3n) is 6.28. The quantitative estimate of drug-likeness (QED) is 0.871. The third kappa shape index (κ3) is 3.26. The molecule has 0 bridgehead atoms. The number of likely N-dealkylation sites (tertiary alicyclic amines) is 1.